The topological polar surface area (TPSA) is 92.4 Å². The lowest BCUT2D eigenvalue weighted by Crippen LogP contribution is -2.43. The van der Waals surface area contributed by atoms with Crippen molar-refractivity contribution in [3.8, 4) is 0 Å². The van der Waals surface area contributed by atoms with E-state index in [-0.39, 0.29) is 12.0 Å². The molecule has 1 aliphatic rings. The zero-order valence-corrected chi connectivity index (χ0v) is 14.5. The quantitative estimate of drug-likeness (QED) is 0.887. The minimum Gasteiger partial charge on any atom is -0.368 e. The van der Waals surface area contributed by atoms with Crippen LogP contribution in [0, 0.1) is 6.92 Å². The number of hydrogen-bond acceptors (Lipinski definition) is 6. The Bertz CT molecular complexity index is 626. The van der Waals surface area contributed by atoms with Crippen molar-refractivity contribution in [3.05, 3.63) is 11.8 Å². The molecule has 0 atom stereocenters. The monoisotopic (exact) mass is 327 g/mol. The van der Waals surface area contributed by atoms with Crippen LogP contribution in [0.2, 0.25) is 0 Å². The van der Waals surface area contributed by atoms with Gasteiger partial charge in [0, 0.05) is 37.9 Å². The van der Waals surface area contributed by atoms with Crippen molar-refractivity contribution in [1.29, 1.82) is 0 Å². The maximum Gasteiger partial charge on any atom is 0.221 e. The van der Waals surface area contributed by atoms with Gasteiger partial charge in [0.2, 0.25) is 16.0 Å². The highest BCUT2D eigenvalue weighted by Gasteiger charge is 2.30. The van der Waals surface area contributed by atoms with Crippen LogP contribution >= 0.6 is 0 Å². The Morgan fingerprint density at radius 3 is 2.27 bits per heavy atom. The van der Waals surface area contributed by atoms with Crippen LogP contribution < -0.4 is 10.6 Å². The van der Waals surface area contributed by atoms with Crippen molar-refractivity contribution in [1.82, 2.24) is 14.3 Å². The van der Waals surface area contributed by atoms with Crippen LogP contribution in [0.15, 0.2) is 6.20 Å². The second kappa shape index (κ2) is 6.37. The number of aryl methyl sites for hydroxylation is 1. The molecule has 2 N–H and O–H groups in total. The van der Waals surface area contributed by atoms with Crippen LogP contribution in [0.4, 0.5) is 11.8 Å². The van der Waals surface area contributed by atoms with E-state index in [1.807, 2.05) is 14.0 Å². The molecule has 1 saturated carbocycles. The highest BCUT2D eigenvalue weighted by molar-refractivity contribution is 7.88. The van der Waals surface area contributed by atoms with Crippen molar-refractivity contribution in [3.63, 3.8) is 0 Å². The van der Waals surface area contributed by atoms with E-state index in [0.29, 0.717) is 6.04 Å². The largest absolute Gasteiger partial charge is 0.368 e. The first-order valence-electron chi connectivity index (χ1n) is 7.45. The molecule has 1 aromatic heterocycles. The van der Waals surface area contributed by atoms with Gasteiger partial charge in [-0.15, -0.1) is 0 Å². The Hall–Kier alpha value is -1.41. The zero-order valence-electron chi connectivity index (χ0n) is 13.7. The van der Waals surface area contributed by atoms with E-state index in [4.69, 9.17) is 5.73 Å². The van der Waals surface area contributed by atoms with Crippen molar-refractivity contribution in [2.45, 2.75) is 44.7 Å². The summed E-state index contributed by atoms with van der Waals surface area (Å²) in [6.45, 7) is 1.97. The SMILES string of the molecule is Cc1cnc(N)nc1N(C)C1CCC(N(C)S(C)(=O)=O)CC1. The van der Waals surface area contributed by atoms with Crippen molar-refractivity contribution < 1.29 is 8.42 Å². The van der Waals surface area contributed by atoms with Crippen molar-refractivity contribution in [2.75, 3.05) is 31.0 Å². The third-order valence-electron chi connectivity index (χ3n) is 4.55. The standard InChI is InChI=1S/C14H25N5O2S/c1-10-9-16-14(15)17-13(10)18(2)11-5-7-12(8-6-11)19(3)22(4,20)21/h9,11-12H,5-8H2,1-4H3,(H2,15,16,17). The molecule has 0 saturated heterocycles. The van der Waals surface area contributed by atoms with E-state index in [2.05, 4.69) is 14.9 Å². The number of nitrogens with zero attached hydrogens (tertiary/aromatic N) is 4. The van der Waals surface area contributed by atoms with Crippen LogP contribution in [-0.2, 0) is 10.0 Å². The molecule has 0 amide bonds. The summed E-state index contributed by atoms with van der Waals surface area (Å²) in [5.74, 6) is 1.13. The van der Waals surface area contributed by atoms with Crippen LogP contribution in [-0.4, -0.2) is 55.1 Å². The second-order valence-corrected chi connectivity index (χ2v) is 8.13. The van der Waals surface area contributed by atoms with Crippen LogP contribution in [0.25, 0.3) is 0 Å². The molecule has 1 heterocycles. The lowest BCUT2D eigenvalue weighted by molar-refractivity contribution is 0.266. The number of hydrogen-bond donors (Lipinski definition) is 1. The molecule has 0 bridgehead atoms. The third-order valence-corrected chi connectivity index (χ3v) is 5.89. The normalized spacial score (nSPS) is 22.8. The van der Waals surface area contributed by atoms with Gasteiger partial charge in [-0.3, -0.25) is 0 Å². The smallest absolute Gasteiger partial charge is 0.221 e. The molecule has 1 aliphatic carbocycles. The summed E-state index contributed by atoms with van der Waals surface area (Å²) < 4.78 is 24.8. The Balaban J connectivity index is 2.04. The van der Waals surface area contributed by atoms with Crippen molar-refractivity contribution in [2.24, 2.45) is 0 Å². The Kier molecular flexibility index (Phi) is 4.91. The summed E-state index contributed by atoms with van der Waals surface area (Å²) in [7, 11) is 0.558. The third kappa shape index (κ3) is 3.67. The van der Waals surface area contributed by atoms with E-state index in [1.165, 1.54) is 10.6 Å². The first-order valence-corrected chi connectivity index (χ1v) is 9.30. The highest BCUT2D eigenvalue weighted by atomic mass is 32.2. The average Bonchev–Trinajstić information content (AvgIpc) is 2.47. The van der Waals surface area contributed by atoms with Gasteiger partial charge in [0.25, 0.3) is 0 Å². The van der Waals surface area contributed by atoms with Gasteiger partial charge >= 0.3 is 0 Å². The molecule has 1 fully saturated rings. The fraction of sp³-hybridized carbons (Fsp3) is 0.714. The average molecular weight is 327 g/mol. The van der Waals surface area contributed by atoms with Gasteiger partial charge in [0.1, 0.15) is 5.82 Å². The molecule has 124 valence electrons. The van der Waals surface area contributed by atoms with E-state index >= 15 is 0 Å². The number of aromatic nitrogens is 2. The molecule has 7 nitrogen and oxygen atoms in total. The predicted octanol–water partition coefficient (Wildman–Crippen LogP) is 1.01. The fourth-order valence-corrected chi connectivity index (χ4v) is 3.81. The Morgan fingerprint density at radius 2 is 1.73 bits per heavy atom. The lowest BCUT2D eigenvalue weighted by Gasteiger charge is -2.38. The maximum absolute atomic E-state index is 11.6. The highest BCUT2D eigenvalue weighted by Crippen LogP contribution is 2.29. The molecule has 0 radical (unpaired) electrons. The predicted molar refractivity (Wildman–Crippen MR) is 88.2 cm³/mol. The van der Waals surface area contributed by atoms with E-state index in [0.717, 1.165) is 37.1 Å². The molecule has 2 rings (SSSR count). The van der Waals surface area contributed by atoms with Gasteiger partial charge < -0.3 is 10.6 Å². The molecule has 0 aromatic carbocycles. The second-order valence-electron chi connectivity index (χ2n) is 6.09. The minimum absolute atomic E-state index is 0.0937. The van der Waals surface area contributed by atoms with Gasteiger partial charge in [0.15, 0.2) is 0 Å². The summed E-state index contributed by atoms with van der Waals surface area (Å²) in [5, 5.41) is 0. The summed E-state index contributed by atoms with van der Waals surface area (Å²) in [6.07, 6.45) is 6.58. The van der Waals surface area contributed by atoms with Gasteiger partial charge in [-0.25, -0.2) is 17.7 Å². The van der Waals surface area contributed by atoms with E-state index in [1.54, 1.807) is 13.2 Å². The number of anilines is 2. The summed E-state index contributed by atoms with van der Waals surface area (Å²) in [6, 6.07) is 0.438. The number of nitrogen functional groups attached to an aromatic ring is 1. The fourth-order valence-electron chi connectivity index (χ4n) is 3.06. The Morgan fingerprint density at radius 1 is 1.18 bits per heavy atom. The molecular formula is C14H25N5O2S. The molecule has 0 spiro atoms. The van der Waals surface area contributed by atoms with Crippen LogP contribution in [0.3, 0.4) is 0 Å². The maximum atomic E-state index is 11.6. The van der Waals surface area contributed by atoms with Crippen LogP contribution in [0.1, 0.15) is 31.2 Å². The summed E-state index contributed by atoms with van der Waals surface area (Å²) in [4.78, 5) is 10.5. The summed E-state index contributed by atoms with van der Waals surface area (Å²) in [5.41, 5.74) is 6.67. The van der Waals surface area contributed by atoms with Gasteiger partial charge in [-0.1, -0.05) is 0 Å². The molecule has 8 heteroatoms. The first-order chi connectivity index (χ1) is 10.2. The molecule has 22 heavy (non-hydrogen) atoms. The molecule has 0 aliphatic heterocycles. The van der Waals surface area contributed by atoms with Crippen LogP contribution in [0.5, 0.6) is 0 Å². The van der Waals surface area contributed by atoms with E-state index < -0.39 is 10.0 Å². The molecular weight excluding hydrogens is 302 g/mol. The van der Waals surface area contributed by atoms with Crippen molar-refractivity contribution >= 4 is 21.8 Å². The Labute approximate surface area is 132 Å². The van der Waals surface area contributed by atoms with Gasteiger partial charge in [0.05, 0.1) is 6.26 Å². The number of nitrogens with two attached hydrogens (primary N) is 1. The molecule has 1 aromatic rings. The summed E-state index contributed by atoms with van der Waals surface area (Å²) >= 11 is 0. The lowest BCUT2D eigenvalue weighted by atomic mass is 9.90. The van der Waals surface area contributed by atoms with Gasteiger partial charge in [-0.05, 0) is 32.6 Å². The minimum atomic E-state index is -3.12. The first kappa shape index (κ1) is 17.0. The number of rotatable bonds is 4. The molecule has 0 unspecified atom stereocenters. The van der Waals surface area contributed by atoms with Gasteiger partial charge in [-0.2, -0.15) is 4.98 Å². The van der Waals surface area contributed by atoms with E-state index in [9.17, 15) is 8.42 Å². The zero-order chi connectivity index (χ0) is 16.5. The number of sulfonamides is 1.